The second kappa shape index (κ2) is 6.29. The van der Waals surface area contributed by atoms with E-state index < -0.39 is 0 Å². The fraction of sp³-hybridized carbons (Fsp3) is 0.529. The van der Waals surface area contributed by atoms with E-state index in [0.717, 1.165) is 12.1 Å². The highest BCUT2D eigenvalue weighted by Gasteiger charge is 2.29. The van der Waals surface area contributed by atoms with Gasteiger partial charge in [-0.25, -0.2) is 0 Å². The van der Waals surface area contributed by atoms with Crippen molar-refractivity contribution in [2.45, 2.75) is 25.7 Å². The Bertz CT molecular complexity index is 511. The molecule has 0 spiro atoms. The van der Waals surface area contributed by atoms with E-state index in [1.165, 1.54) is 12.8 Å². The first-order valence-corrected chi connectivity index (χ1v) is 7.82. The molecule has 1 saturated carbocycles. The van der Waals surface area contributed by atoms with Crippen LogP contribution < -0.4 is 0 Å². The molecule has 0 unspecified atom stereocenters. The largest absolute Gasteiger partial charge is 0.341 e. The maximum Gasteiger partial charge on any atom is 0.227 e. The van der Waals surface area contributed by atoms with E-state index >= 15 is 0 Å². The molecule has 1 aromatic rings. The van der Waals surface area contributed by atoms with Gasteiger partial charge in [0, 0.05) is 32.6 Å². The zero-order chi connectivity index (χ0) is 14.7. The predicted octanol–water partition coefficient (Wildman–Crippen LogP) is 1.70. The number of benzene rings is 1. The molecule has 1 aromatic carbocycles. The summed E-state index contributed by atoms with van der Waals surface area (Å²) in [5.41, 5.74) is 1.04. The molecule has 1 aliphatic heterocycles. The standard InChI is InChI=1S/C17H22N2O2/c20-16-8-9-18(10-11-19(16)13-15-6-7-15)17(21)12-14-4-2-1-3-5-14/h1-5,15H,6-13H2. The van der Waals surface area contributed by atoms with Crippen LogP contribution in [0.3, 0.4) is 0 Å². The summed E-state index contributed by atoms with van der Waals surface area (Å²) in [7, 11) is 0. The Morgan fingerprint density at radius 2 is 1.86 bits per heavy atom. The summed E-state index contributed by atoms with van der Waals surface area (Å²) in [5.74, 6) is 1.04. The van der Waals surface area contributed by atoms with Crippen molar-refractivity contribution in [3.05, 3.63) is 35.9 Å². The SMILES string of the molecule is O=C(Cc1ccccc1)N1CCC(=O)N(CC2CC2)CC1. The fourth-order valence-electron chi connectivity index (χ4n) is 2.80. The Labute approximate surface area is 125 Å². The van der Waals surface area contributed by atoms with Crippen LogP contribution in [0.1, 0.15) is 24.8 Å². The highest BCUT2D eigenvalue weighted by atomic mass is 16.2. The molecular weight excluding hydrogens is 264 g/mol. The van der Waals surface area contributed by atoms with E-state index in [2.05, 4.69) is 0 Å². The third-order valence-corrected chi connectivity index (χ3v) is 4.31. The Morgan fingerprint density at radius 1 is 1.10 bits per heavy atom. The van der Waals surface area contributed by atoms with E-state index in [-0.39, 0.29) is 11.8 Å². The van der Waals surface area contributed by atoms with Gasteiger partial charge >= 0.3 is 0 Å². The van der Waals surface area contributed by atoms with Crippen molar-refractivity contribution >= 4 is 11.8 Å². The van der Waals surface area contributed by atoms with Gasteiger partial charge in [-0.15, -0.1) is 0 Å². The average molecular weight is 286 g/mol. The van der Waals surface area contributed by atoms with E-state index in [0.29, 0.717) is 38.4 Å². The number of hydrogen-bond acceptors (Lipinski definition) is 2. The molecule has 0 aromatic heterocycles. The first kappa shape index (κ1) is 14.1. The predicted molar refractivity (Wildman–Crippen MR) is 80.6 cm³/mol. The van der Waals surface area contributed by atoms with Gasteiger partial charge in [0.05, 0.1) is 6.42 Å². The molecule has 1 aliphatic carbocycles. The topological polar surface area (TPSA) is 40.6 Å². The summed E-state index contributed by atoms with van der Waals surface area (Å²) in [5, 5.41) is 0. The summed E-state index contributed by atoms with van der Waals surface area (Å²) in [6, 6.07) is 9.80. The molecule has 2 aliphatic rings. The van der Waals surface area contributed by atoms with Crippen molar-refractivity contribution in [2.24, 2.45) is 5.92 Å². The molecule has 0 bridgehead atoms. The molecule has 112 valence electrons. The Hall–Kier alpha value is -1.84. The lowest BCUT2D eigenvalue weighted by molar-refractivity contribution is -0.130. The van der Waals surface area contributed by atoms with Gasteiger partial charge in [-0.3, -0.25) is 9.59 Å². The average Bonchev–Trinajstić information content (AvgIpc) is 3.31. The number of hydrogen-bond donors (Lipinski definition) is 0. The van der Waals surface area contributed by atoms with Crippen LogP contribution >= 0.6 is 0 Å². The Morgan fingerprint density at radius 3 is 2.57 bits per heavy atom. The van der Waals surface area contributed by atoms with Gasteiger partial charge in [0.15, 0.2) is 0 Å². The van der Waals surface area contributed by atoms with Crippen LogP contribution in [0.5, 0.6) is 0 Å². The quantitative estimate of drug-likeness (QED) is 0.845. The number of carbonyl (C=O) groups excluding carboxylic acids is 2. The number of amides is 2. The molecule has 1 heterocycles. The maximum absolute atomic E-state index is 12.4. The van der Waals surface area contributed by atoms with Crippen molar-refractivity contribution in [3.8, 4) is 0 Å². The maximum atomic E-state index is 12.4. The first-order valence-electron chi connectivity index (χ1n) is 7.82. The van der Waals surface area contributed by atoms with E-state index in [9.17, 15) is 9.59 Å². The van der Waals surface area contributed by atoms with Crippen LogP contribution in [0.25, 0.3) is 0 Å². The number of carbonyl (C=O) groups is 2. The van der Waals surface area contributed by atoms with Gasteiger partial charge in [0.1, 0.15) is 0 Å². The van der Waals surface area contributed by atoms with E-state index in [1.54, 1.807) is 0 Å². The normalized spacial score (nSPS) is 19.5. The van der Waals surface area contributed by atoms with Gasteiger partial charge in [-0.2, -0.15) is 0 Å². The van der Waals surface area contributed by atoms with E-state index in [4.69, 9.17) is 0 Å². The molecule has 4 nitrogen and oxygen atoms in total. The lowest BCUT2D eigenvalue weighted by atomic mass is 10.1. The summed E-state index contributed by atoms with van der Waals surface area (Å²) in [4.78, 5) is 28.3. The molecule has 0 N–H and O–H groups in total. The van der Waals surface area contributed by atoms with Crippen molar-refractivity contribution in [2.75, 3.05) is 26.2 Å². The van der Waals surface area contributed by atoms with Crippen LogP contribution in [0.15, 0.2) is 30.3 Å². The molecule has 2 fully saturated rings. The lowest BCUT2D eigenvalue weighted by Gasteiger charge is -2.22. The second-order valence-electron chi connectivity index (χ2n) is 6.08. The highest BCUT2D eigenvalue weighted by molar-refractivity contribution is 5.81. The Kier molecular flexibility index (Phi) is 4.23. The smallest absolute Gasteiger partial charge is 0.227 e. The first-order chi connectivity index (χ1) is 10.2. The zero-order valence-electron chi connectivity index (χ0n) is 12.3. The van der Waals surface area contributed by atoms with Crippen molar-refractivity contribution in [1.29, 1.82) is 0 Å². The minimum absolute atomic E-state index is 0.127. The van der Waals surface area contributed by atoms with Crippen LogP contribution in [0.4, 0.5) is 0 Å². The van der Waals surface area contributed by atoms with Crippen molar-refractivity contribution in [3.63, 3.8) is 0 Å². The van der Waals surface area contributed by atoms with Gasteiger partial charge in [-0.1, -0.05) is 30.3 Å². The van der Waals surface area contributed by atoms with Crippen LogP contribution in [-0.4, -0.2) is 47.8 Å². The zero-order valence-corrected chi connectivity index (χ0v) is 12.3. The van der Waals surface area contributed by atoms with Crippen LogP contribution in [0, 0.1) is 5.92 Å². The van der Waals surface area contributed by atoms with Gasteiger partial charge in [0.2, 0.25) is 11.8 Å². The van der Waals surface area contributed by atoms with Crippen LogP contribution in [0.2, 0.25) is 0 Å². The fourth-order valence-corrected chi connectivity index (χ4v) is 2.80. The molecule has 0 atom stereocenters. The van der Waals surface area contributed by atoms with E-state index in [1.807, 2.05) is 40.1 Å². The monoisotopic (exact) mass is 286 g/mol. The molecule has 3 rings (SSSR count). The molecule has 2 amide bonds. The van der Waals surface area contributed by atoms with Gasteiger partial charge < -0.3 is 9.80 Å². The lowest BCUT2D eigenvalue weighted by Crippen LogP contribution is -2.37. The molecule has 4 heteroatoms. The third-order valence-electron chi connectivity index (χ3n) is 4.31. The minimum atomic E-state index is 0.127. The third kappa shape index (κ3) is 3.84. The molecular formula is C17H22N2O2. The molecule has 1 saturated heterocycles. The second-order valence-corrected chi connectivity index (χ2v) is 6.08. The molecule has 0 radical (unpaired) electrons. The summed E-state index contributed by atoms with van der Waals surface area (Å²) in [6.45, 7) is 2.81. The number of rotatable bonds is 4. The van der Waals surface area contributed by atoms with Crippen molar-refractivity contribution < 1.29 is 9.59 Å². The Balaban J connectivity index is 1.56. The van der Waals surface area contributed by atoms with Gasteiger partial charge in [-0.05, 0) is 24.3 Å². The summed E-state index contributed by atoms with van der Waals surface area (Å²) >= 11 is 0. The molecule has 21 heavy (non-hydrogen) atoms. The highest BCUT2D eigenvalue weighted by Crippen LogP contribution is 2.30. The summed E-state index contributed by atoms with van der Waals surface area (Å²) in [6.07, 6.45) is 3.39. The van der Waals surface area contributed by atoms with Gasteiger partial charge in [0.25, 0.3) is 0 Å². The summed E-state index contributed by atoms with van der Waals surface area (Å²) < 4.78 is 0. The van der Waals surface area contributed by atoms with Crippen molar-refractivity contribution in [1.82, 2.24) is 9.80 Å². The number of nitrogens with zero attached hydrogens (tertiary/aromatic N) is 2. The minimum Gasteiger partial charge on any atom is -0.341 e. The van der Waals surface area contributed by atoms with Crippen LogP contribution in [-0.2, 0) is 16.0 Å².